The molecule has 0 bridgehead atoms. The fraction of sp³-hybridized carbons (Fsp3) is 0.273. The molecule has 0 heterocycles. The molecule has 0 N–H and O–H groups in total. The monoisotopic (exact) mass is 148 g/mol. The van der Waals surface area contributed by atoms with E-state index < -0.39 is 0 Å². The van der Waals surface area contributed by atoms with E-state index in [9.17, 15) is 0 Å². The summed E-state index contributed by atoms with van der Waals surface area (Å²) >= 11 is 0. The van der Waals surface area contributed by atoms with Crippen LogP contribution in [0.25, 0.3) is 0 Å². The van der Waals surface area contributed by atoms with Gasteiger partial charge in [0, 0.05) is 0 Å². The summed E-state index contributed by atoms with van der Waals surface area (Å²) in [4.78, 5) is 0. The minimum absolute atomic E-state index is 1.38. The Morgan fingerprint density at radius 3 is 1.09 bits per heavy atom. The van der Waals surface area contributed by atoms with Gasteiger partial charge in [-0.25, -0.2) is 0 Å². The number of rotatable bonds is 0. The van der Waals surface area contributed by atoms with E-state index in [0.29, 0.717) is 0 Å². The van der Waals surface area contributed by atoms with Gasteiger partial charge in [0.1, 0.15) is 0 Å². The molecule has 0 spiro atoms. The zero-order valence-corrected chi connectivity index (χ0v) is 7.54. The average Bonchev–Trinajstić information content (AvgIpc) is 2.09. The lowest BCUT2D eigenvalue weighted by Crippen LogP contribution is -1.52. The molecule has 0 aromatic heterocycles. The summed E-state index contributed by atoms with van der Waals surface area (Å²) in [6.45, 7) is 6.20. The predicted octanol–water partition coefficient (Wildman–Crippen LogP) is 3.66. The van der Waals surface area contributed by atoms with Crippen molar-refractivity contribution in [1.82, 2.24) is 0 Å². The highest BCUT2D eigenvalue weighted by atomic mass is 13.7. The largest absolute Gasteiger partial charge is 0.0890 e. The fourth-order valence-electron chi connectivity index (χ4n) is 0.385. The molecule has 1 rings (SSSR count). The average molecular weight is 148 g/mol. The SMILES string of the molecule is CC=C(C)C.c1ccccc1. The van der Waals surface area contributed by atoms with Crippen molar-refractivity contribution in [2.45, 2.75) is 20.8 Å². The molecule has 0 nitrogen and oxygen atoms in total. The van der Waals surface area contributed by atoms with Gasteiger partial charge in [-0.3, -0.25) is 0 Å². The molecule has 0 radical (unpaired) electrons. The number of allylic oxidation sites excluding steroid dienone is 2. The maximum Gasteiger partial charge on any atom is -0.0442 e. The predicted molar refractivity (Wildman–Crippen MR) is 51.5 cm³/mol. The van der Waals surface area contributed by atoms with E-state index in [1.807, 2.05) is 43.3 Å². The number of hydrogen-bond donors (Lipinski definition) is 0. The van der Waals surface area contributed by atoms with Crippen molar-refractivity contribution in [3.05, 3.63) is 48.0 Å². The highest BCUT2D eigenvalue weighted by Gasteiger charge is 1.60. The number of hydrogen-bond acceptors (Lipinski definition) is 0. The minimum atomic E-state index is 1.38. The first-order valence-corrected chi connectivity index (χ1v) is 3.87. The lowest BCUT2D eigenvalue weighted by molar-refractivity contribution is 1.36. The molecule has 60 valence electrons. The zero-order valence-electron chi connectivity index (χ0n) is 7.54. The van der Waals surface area contributed by atoms with Crippen LogP contribution in [0.4, 0.5) is 0 Å². The lowest BCUT2D eigenvalue weighted by atomic mass is 10.3. The molecule has 0 unspecified atom stereocenters. The van der Waals surface area contributed by atoms with Crippen LogP contribution in [-0.4, -0.2) is 0 Å². The van der Waals surface area contributed by atoms with Gasteiger partial charge in [-0.2, -0.15) is 0 Å². The maximum absolute atomic E-state index is 2.08. The molecule has 0 amide bonds. The summed E-state index contributed by atoms with van der Waals surface area (Å²) in [7, 11) is 0. The van der Waals surface area contributed by atoms with Crippen LogP contribution in [0.5, 0.6) is 0 Å². The van der Waals surface area contributed by atoms with Crippen LogP contribution in [0, 0.1) is 0 Å². The third-order valence-electron chi connectivity index (χ3n) is 1.24. The molecule has 0 fully saturated rings. The number of benzene rings is 1. The molecule has 1 aromatic carbocycles. The Kier molecular flexibility index (Phi) is 6.40. The molecule has 0 aliphatic carbocycles. The van der Waals surface area contributed by atoms with Gasteiger partial charge in [0.05, 0.1) is 0 Å². The molecule has 0 aliphatic rings. The second-order valence-electron chi connectivity index (χ2n) is 2.52. The molecular formula is C11H16. The van der Waals surface area contributed by atoms with Crippen LogP contribution in [0.3, 0.4) is 0 Å². The third kappa shape index (κ3) is 8.96. The third-order valence-corrected chi connectivity index (χ3v) is 1.24. The first kappa shape index (κ1) is 9.96. The van der Waals surface area contributed by atoms with Crippen LogP contribution >= 0.6 is 0 Å². The normalized spacial score (nSPS) is 7.55. The van der Waals surface area contributed by atoms with Crippen molar-refractivity contribution < 1.29 is 0 Å². The highest BCUT2D eigenvalue weighted by molar-refractivity contribution is 4.99. The molecule has 1 aromatic rings. The second-order valence-corrected chi connectivity index (χ2v) is 2.52. The van der Waals surface area contributed by atoms with E-state index in [2.05, 4.69) is 19.9 Å². The van der Waals surface area contributed by atoms with E-state index in [-0.39, 0.29) is 0 Å². The van der Waals surface area contributed by atoms with Gasteiger partial charge in [-0.05, 0) is 20.8 Å². The Hall–Kier alpha value is -1.04. The fourth-order valence-corrected chi connectivity index (χ4v) is 0.385. The minimum Gasteiger partial charge on any atom is -0.0890 e. The van der Waals surface area contributed by atoms with Gasteiger partial charge in [0.25, 0.3) is 0 Å². The Labute approximate surface area is 69.6 Å². The quantitative estimate of drug-likeness (QED) is 0.492. The van der Waals surface area contributed by atoms with Crippen LogP contribution in [0.2, 0.25) is 0 Å². The second kappa shape index (κ2) is 7.07. The lowest BCUT2D eigenvalue weighted by Gasteiger charge is -1.74. The van der Waals surface area contributed by atoms with Crippen molar-refractivity contribution in [3.8, 4) is 0 Å². The van der Waals surface area contributed by atoms with Gasteiger partial charge < -0.3 is 0 Å². The summed E-state index contributed by atoms with van der Waals surface area (Å²) in [5, 5.41) is 0. The summed E-state index contributed by atoms with van der Waals surface area (Å²) in [5.41, 5.74) is 1.38. The molecule has 11 heavy (non-hydrogen) atoms. The van der Waals surface area contributed by atoms with Crippen molar-refractivity contribution >= 4 is 0 Å². The Morgan fingerprint density at radius 2 is 1.00 bits per heavy atom. The van der Waals surface area contributed by atoms with Gasteiger partial charge in [-0.1, -0.05) is 48.0 Å². The zero-order chi connectivity index (χ0) is 8.53. The molecule has 0 saturated carbocycles. The van der Waals surface area contributed by atoms with Crippen molar-refractivity contribution in [1.29, 1.82) is 0 Å². The summed E-state index contributed by atoms with van der Waals surface area (Å²) in [6.07, 6.45) is 2.08. The van der Waals surface area contributed by atoms with E-state index in [0.717, 1.165) is 0 Å². The van der Waals surface area contributed by atoms with Crippen LogP contribution in [-0.2, 0) is 0 Å². The van der Waals surface area contributed by atoms with E-state index in [1.165, 1.54) is 5.57 Å². The molecular weight excluding hydrogens is 132 g/mol. The van der Waals surface area contributed by atoms with Crippen LogP contribution < -0.4 is 0 Å². The van der Waals surface area contributed by atoms with Crippen LogP contribution in [0.15, 0.2) is 48.0 Å². The van der Waals surface area contributed by atoms with Gasteiger partial charge in [0.2, 0.25) is 0 Å². The van der Waals surface area contributed by atoms with E-state index >= 15 is 0 Å². The first-order valence-electron chi connectivity index (χ1n) is 3.87. The van der Waals surface area contributed by atoms with Gasteiger partial charge >= 0.3 is 0 Å². The molecule has 0 atom stereocenters. The van der Waals surface area contributed by atoms with E-state index in [1.54, 1.807) is 0 Å². The van der Waals surface area contributed by atoms with Gasteiger partial charge in [-0.15, -0.1) is 0 Å². The topological polar surface area (TPSA) is 0 Å². The summed E-state index contributed by atoms with van der Waals surface area (Å²) < 4.78 is 0. The molecule has 0 saturated heterocycles. The van der Waals surface area contributed by atoms with Crippen molar-refractivity contribution in [3.63, 3.8) is 0 Å². The molecule has 0 aliphatic heterocycles. The Bertz CT molecular complexity index is 154. The smallest absolute Gasteiger partial charge is 0.0442 e. The Balaban J connectivity index is 0.000000187. The van der Waals surface area contributed by atoms with Gasteiger partial charge in [0.15, 0.2) is 0 Å². The summed E-state index contributed by atoms with van der Waals surface area (Å²) in [5.74, 6) is 0. The standard InChI is InChI=1S/C6H6.C5H10/c1-2-4-6-5-3-1;1-4-5(2)3/h1-6H;4H,1-3H3. The highest BCUT2D eigenvalue weighted by Crippen LogP contribution is 1.82. The van der Waals surface area contributed by atoms with E-state index in [4.69, 9.17) is 0 Å². The maximum atomic E-state index is 2.08. The first-order chi connectivity index (χ1) is 5.27. The summed E-state index contributed by atoms with van der Waals surface area (Å²) in [6, 6.07) is 12.0. The van der Waals surface area contributed by atoms with Crippen molar-refractivity contribution in [2.24, 2.45) is 0 Å². The molecule has 0 heteroatoms. The van der Waals surface area contributed by atoms with Crippen LogP contribution in [0.1, 0.15) is 20.8 Å². The Morgan fingerprint density at radius 1 is 0.818 bits per heavy atom. The van der Waals surface area contributed by atoms with Crippen molar-refractivity contribution in [2.75, 3.05) is 0 Å².